The topological polar surface area (TPSA) is 96.8 Å². The highest BCUT2D eigenvalue weighted by molar-refractivity contribution is 7.13. The van der Waals surface area contributed by atoms with Crippen LogP contribution in [0, 0.1) is 0 Å². The molecule has 0 saturated carbocycles. The van der Waals surface area contributed by atoms with Gasteiger partial charge in [-0.1, -0.05) is 24.8 Å². The van der Waals surface area contributed by atoms with Crippen molar-refractivity contribution in [1.29, 1.82) is 0 Å². The molecule has 1 saturated heterocycles. The van der Waals surface area contributed by atoms with Gasteiger partial charge in [-0.15, -0.1) is 11.3 Å². The van der Waals surface area contributed by atoms with E-state index in [2.05, 4.69) is 27.9 Å². The Hall–Kier alpha value is -3.95. The van der Waals surface area contributed by atoms with E-state index in [4.69, 9.17) is 9.47 Å². The number of benzene rings is 2. The van der Waals surface area contributed by atoms with Crippen molar-refractivity contribution in [3.63, 3.8) is 0 Å². The Morgan fingerprint density at radius 1 is 1.22 bits per heavy atom. The van der Waals surface area contributed by atoms with Gasteiger partial charge in [0.1, 0.15) is 18.2 Å². The Bertz CT molecular complexity index is 1460. The molecule has 0 radical (unpaired) electrons. The predicted molar refractivity (Wildman–Crippen MR) is 146 cm³/mol. The molecule has 0 unspecified atom stereocenters. The van der Waals surface area contributed by atoms with E-state index in [-0.39, 0.29) is 12.0 Å². The second-order valence-corrected chi connectivity index (χ2v) is 10.3. The van der Waals surface area contributed by atoms with Gasteiger partial charge < -0.3 is 24.8 Å². The molecule has 37 heavy (non-hydrogen) atoms. The number of rotatable bonds is 8. The third-order valence-electron chi connectivity index (χ3n) is 6.29. The number of likely N-dealkylation sites (tertiary alicyclic amines) is 1. The number of nitrogens with one attached hydrogen (secondary N) is 1. The molecule has 0 spiro atoms. The van der Waals surface area contributed by atoms with Gasteiger partial charge in [0.2, 0.25) is 5.91 Å². The maximum Gasteiger partial charge on any atom is 0.246 e. The SMILES string of the molecule is C=CC(=O)N1CC(Oc2cc3c(Nc4cc(-c5cccs5)ccc4C(C)(C)O)ncnc3cc2OC)C1. The molecule has 5 rings (SSSR count). The molecule has 0 atom stereocenters. The van der Waals surface area contributed by atoms with Gasteiger partial charge in [0.25, 0.3) is 0 Å². The Morgan fingerprint density at radius 3 is 2.70 bits per heavy atom. The van der Waals surface area contributed by atoms with Gasteiger partial charge in [-0.3, -0.25) is 4.79 Å². The highest BCUT2D eigenvalue weighted by Crippen LogP contribution is 2.39. The lowest BCUT2D eigenvalue weighted by Crippen LogP contribution is -2.55. The summed E-state index contributed by atoms with van der Waals surface area (Å²) in [6.07, 6.45) is 2.64. The van der Waals surface area contributed by atoms with Crippen LogP contribution in [0.2, 0.25) is 0 Å². The van der Waals surface area contributed by atoms with E-state index in [1.54, 1.807) is 37.2 Å². The standard InChI is InChI=1S/C28H28N4O4S/c1-5-26(33)32-14-18(15-32)36-24-12-19-21(13-23(24)35-4)29-16-30-27(19)31-22-11-17(25-7-6-10-37-25)8-9-20(22)28(2,3)34/h5-13,16,18,34H,1,14-15H2,2-4H3,(H,29,30,31). The van der Waals surface area contributed by atoms with Crippen LogP contribution in [0.3, 0.4) is 0 Å². The van der Waals surface area contributed by atoms with Crippen molar-refractivity contribution >= 4 is 39.7 Å². The van der Waals surface area contributed by atoms with E-state index in [0.717, 1.165) is 27.1 Å². The Morgan fingerprint density at radius 2 is 2.03 bits per heavy atom. The first-order valence-corrected chi connectivity index (χ1v) is 12.7. The van der Waals surface area contributed by atoms with Crippen LogP contribution in [0.25, 0.3) is 21.3 Å². The van der Waals surface area contributed by atoms with Gasteiger partial charge in [0.05, 0.1) is 31.3 Å². The van der Waals surface area contributed by atoms with Crippen LogP contribution in [-0.2, 0) is 10.4 Å². The molecule has 9 heteroatoms. The summed E-state index contributed by atoms with van der Waals surface area (Å²) in [7, 11) is 1.58. The lowest BCUT2D eigenvalue weighted by molar-refractivity contribution is -0.134. The first kappa shape index (κ1) is 24.7. The van der Waals surface area contributed by atoms with Crippen molar-refractivity contribution in [3.05, 3.63) is 72.4 Å². The highest BCUT2D eigenvalue weighted by Gasteiger charge is 2.32. The average molecular weight is 517 g/mol. The van der Waals surface area contributed by atoms with E-state index >= 15 is 0 Å². The summed E-state index contributed by atoms with van der Waals surface area (Å²) in [6.45, 7) is 8.00. The third kappa shape index (κ3) is 5.00. The van der Waals surface area contributed by atoms with Crippen molar-refractivity contribution in [2.45, 2.75) is 25.6 Å². The molecule has 8 nitrogen and oxygen atoms in total. The van der Waals surface area contributed by atoms with Crippen molar-refractivity contribution in [2.24, 2.45) is 0 Å². The van der Waals surface area contributed by atoms with Crippen LogP contribution in [0.1, 0.15) is 19.4 Å². The lowest BCUT2D eigenvalue weighted by atomic mass is 9.94. The molecule has 2 aromatic carbocycles. The number of nitrogens with zero attached hydrogens (tertiary/aromatic N) is 3. The number of carbonyl (C=O) groups excluding carboxylic acids is 1. The number of aliphatic hydroxyl groups is 1. The largest absolute Gasteiger partial charge is 0.493 e. The molecule has 2 N–H and O–H groups in total. The first-order valence-electron chi connectivity index (χ1n) is 11.9. The minimum Gasteiger partial charge on any atom is -0.493 e. The third-order valence-corrected chi connectivity index (χ3v) is 7.21. The van der Waals surface area contributed by atoms with Crippen LogP contribution in [0.15, 0.2) is 66.8 Å². The number of carbonyl (C=O) groups is 1. The molecule has 2 aromatic heterocycles. The van der Waals surface area contributed by atoms with Gasteiger partial charge in [-0.25, -0.2) is 9.97 Å². The van der Waals surface area contributed by atoms with Crippen LogP contribution >= 0.6 is 11.3 Å². The number of ether oxygens (including phenoxy) is 2. The molecule has 1 amide bonds. The van der Waals surface area contributed by atoms with E-state index < -0.39 is 5.60 Å². The smallest absolute Gasteiger partial charge is 0.246 e. The molecule has 190 valence electrons. The maximum absolute atomic E-state index is 11.8. The molecule has 3 heterocycles. The second-order valence-electron chi connectivity index (χ2n) is 9.35. The molecule has 1 aliphatic rings. The summed E-state index contributed by atoms with van der Waals surface area (Å²) in [6, 6.07) is 13.7. The number of fused-ring (bicyclic) bond motifs is 1. The van der Waals surface area contributed by atoms with E-state index in [1.807, 2.05) is 41.8 Å². The Kier molecular flexibility index (Phi) is 6.57. The quantitative estimate of drug-likeness (QED) is 0.314. The number of amides is 1. The van der Waals surface area contributed by atoms with Gasteiger partial charge in [-0.05, 0) is 49.1 Å². The summed E-state index contributed by atoms with van der Waals surface area (Å²) >= 11 is 1.65. The molecule has 1 fully saturated rings. The zero-order valence-corrected chi connectivity index (χ0v) is 21.7. The summed E-state index contributed by atoms with van der Waals surface area (Å²) < 4.78 is 11.7. The Balaban J connectivity index is 1.51. The maximum atomic E-state index is 11.8. The fourth-order valence-electron chi connectivity index (χ4n) is 4.32. The average Bonchev–Trinajstić information content (AvgIpc) is 3.40. The predicted octanol–water partition coefficient (Wildman–Crippen LogP) is 5.11. The normalized spacial score (nSPS) is 13.8. The number of thiophene rings is 1. The summed E-state index contributed by atoms with van der Waals surface area (Å²) in [4.78, 5) is 23.5. The molecule has 4 aromatic rings. The lowest BCUT2D eigenvalue weighted by Gasteiger charge is -2.38. The van der Waals surface area contributed by atoms with Crippen LogP contribution in [-0.4, -0.2) is 52.2 Å². The number of methoxy groups -OCH3 is 1. The molecular weight excluding hydrogens is 488 g/mol. The van der Waals surface area contributed by atoms with Gasteiger partial charge in [0.15, 0.2) is 11.5 Å². The number of anilines is 2. The van der Waals surface area contributed by atoms with Gasteiger partial charge >= 0.3 is 0 Å². The summed E-state index contributed by atoms with van der Waals surface area (Å²) in [5.41, 5.74) is 2.13. The minimum absolute atomic E-state index is 0.113. The summed E-state index contributed by atoms with van der Waals surface area (Å²) in [5, 5.41) is 17.1. The molecule has 0 aliphatic carbocycles. The van der Waals surface area contributed by atoms with Crippen molar-refractivity contribution in [3.8, 4) is 21.9 Å². The highest BCUT2D eigenvalue weighted by atomic mass is 32.1. The molecular formula is C28H28N4O4S. The summed E-state index contributed by atoms with van der Waals surface area (Å²) in [5.74, 6) is 1.54. The second kappa shape index (κ2) is 9.84. The van der Waals surface area contributed by atoms with Gasteiger partial charge in [-0.2, -0.15) is 0 Å². The van der Waals surface area contributed by atoms with Crippen molar-refractivity contribution < 1.29 is 19.4 Å². The van der Waals surface area contributed by atoms with Crippen LogP contribution < -0.4 is 14.8 Å². The first-order chi connectivity index (χ1) is 17.8. The van der Waals surface area contributed by atoms with Crippen LogP contribution in [0.5, 0.6) is 11.5 Å². The zero-order valence-electron chi connectivity index (χ0n) is 20.9. The number of aromatic nitrogens is 2. The van der Waals surface area contributed by atoms with Crippen molar-refractivity contribution in [2.75, 3.05) is 25.5 Å². The fourth-order valence-corrected chi connectivity index (χ4v) is 5.05. The monoisotopic (exact) mass is 516 g/mol. The fraction of sp³-hybridized carbons (Fsp3) is 0.250. The molecule has 1 aliphatic heterocycles. The van der Waals surface area contributed by atoms with Gasteiger partial charge in [0, 0.05) is 27.6 Å². The van der Waals surface area contributed by atoms with E-state index in [9.17, 15) is 9.90 Å². The number of hydrogen-bond acceptors (Lipinski definition) is 8. The zero-order chi connectivity index (χ0) is 26.2. The Labute approximate surface area is 219 Å². The van der Waals surface area contributed by atoms with Crippen LogP contribution in [0.4, 0.5) is 11.5 Å². The molecule has 0 bridgehead atoms. The van der Waals surface area contributed by atoms with E-state index in [1.165, 1.54) is 12.4 Å². The van der Waals surface area contributed by atoms with E-state index in [0.29, 0.717) is 35.9 Å². The van der Waals surface area contributed by atoms with Crippen molar-refractivity contribution in [1.82, 2.24) is 14.9 Å². The number of hydrogen-bond donors (Lipinski definition) is 2. The minimum atomic E-state index is -1.07.